The summed E-state index contributed by atoms with van der Waals surface area (Å²) in [7, 11) is 0. The van der Waals surface area contributed by atoms with Crippen molar-refractivity contribution < 1.29 is 12.9 Å². The molecule has 0 saturated heterocycles. The van der Waals surface area contributed by atoms with Gasteiger partial charge in [0.15, 0.2) is 0 Å². The minimum absolute atomic E-state index is 0.0350. The maximum Gasteiger partial charge on any atom is 0.113 e. The molecule has 1 aromatic rings. The smallest absolute Gasteiger partial charge is 0.113 e. The molecule has 1 atom stereocenters. The van der Waals surface area contributed by atoms with E-state index in [4.69, 9.17) is 0 Å². The summed E-state index contributed by atoms with van der Waals surface area (Å²) in [4.78, 5) is 4.02. The number of aromatic nitrogens is 1. The van der Waals surface area contributed by atoms with E-state index in [1.807, 2.05) is 18.2 Å². The zero-order valence-electron chi connectivity index (χ0n) is 6.80. The van der Waals surface area contributed by atoms with E-state index < -0.39 is 11.4 Å². The van der Waals surface area contributed by atoms with Gasteiger partial charge in [0.25, 0.3) is 0 Å². The number of nitrogens with one attached hydrogen (secondary N) is 1. The molecule has 0 aliphatic heterocycles. The van der Waals surface area contributed by atoms with Crippen LogP contribution in [0.15, 0.2) is 24.4 Å². The van der Waals surface area contributed by atoms with Crippen LogP contribution in [0.25, 0.3) is 0 Å². The molecular weight excluding hydrogens is 192 g/mol. The van der Waals surface area contributed by atoms with E-state index in [1.54, 1.807) is 6.20 Å². The summed E-state index contributed by atoms with van der Waals surface area (Å²) in [5.41, 5.74) is 0.836. The van der Waals surface area contributed by atoms with Crippen LogP contribution in [0.1, 0.15) is 5.69 Å². The second kappa shape index (κ2) is 5.76. The van der Waals surface area contributed by atoms with Crippen LogP contribution in [0.2, 0.25) is 0 Å². The fourth-order valence-corrected chi connectivity index (χ4v) is 0.951. The Morgan fingerprint density at radius 2 is 2.46 bits per heavy atom. The fraction of sp³-hybridized carbons (Fsp3) is 0.286. The van der Waals surface area contributed by atoms with Crippen LogP contribution in [0, 0.1) is 0 Å². The van der Waals surface area contributed by atoms with Gasteiger partial charge in [0.05, 0.1) is 17.1 Å². The highest BCUT2D eigenvalue weighted by molar-refractivity contribution is 7.74. The molecule has 0 amide bonds. The molecule has 0 radical (unpaired) electrons. The largest absolute Gasteiger partial charge is 0.750 e. The summed E-state index contributed by atoms with van der Waals surface area (Å²) in [6, 6.07) is 5.50. The Balaban J connectivity index is 2.17. The first kappa shape index (κ1) is 10.3. The summed E-state index contributed by atoms with van der Waals surface area (Å²) >= 11 is -2.46. The average molecular weight is 201 g/mol. The average Bonchev–Trinajstić information content (AvgIpc) is 2.14. The molecule has 1 rings (SSSR count). The van der Waals surface area contributed by atoms with Crippen molar-refractivity contribution in [2.45, 2.75) is 6.54 Å². The molecular formula is C7H9N2O3S-. The van der Waals surface area contributed by atoms with Gasteiger partial charge >= 0.3 is 0 Å². The van der Waals surface area contributed by atoms with Crippen LogP contribution in [0.5, 0.6) is 0 Å². The van der Waals surface area contributed by atoms with E-state index in [9.17, 15) is 8.76 Å². The van der Waals surface area contributed by atoms with Gasteiger partial charge in [0.2, 0.25) is 0 Å². The van der Waals surface area contributed by atoms with Gasteiger partial charge in [0, 0.05) is 12.7 Å². The quantitative estimate of drug-likeness (QED) is 0.410. The molecule has 1 heterocycles. The van der Waals surface area contributed by atoms with Gasteiger partial charge < -0.3 is 4.55 Å². The number of rotatable bonds is 5. The zero-order chi connectivity index (χ0) is 9.52. The Bertz CT molecular complexity index is 268. The van der Waals surface area contributed by atoms with Crippen molar-refractivity contribution in [2.75, 3.05) is 6.73 Å². The lowest BCUT2D eigenvalue weighted by molar-refractivity contribution is 0.272. The van der Waals surface area contributed by atoms with Gasteiger partial charge in [-0.25, -0.2) is 4.21 Å². The topological polar surface area (TPSA) is 74.3 Å². The number of nitrogens with zero attached hydrogens (tertiary/aromatic N) is 1. The molecule has 1 N–H and O–H groups in total. The van der Waals surface area contributed by atoms with Crippen LogP contribution >= 0.6 is 0 Å². The summed E-state index contributed by atoms with van der Waals surface area (Å²) < 4.78 is 24.1. The first-order valence-corrected chi connectivity index (χ1v) is 4.62. The first-order chi connectivity index (χ1) is 6.29. The molecule has 0 aromatic carbocycles. The van der Waals surface area contributed by atoms with E-state index in [0.717, 1.165) is 5.69 Å². The monoisotopic (exact) mass is 201 g/mol. The van der Waals surface area contributed by atoms with Crippen molar-refractivity contribution >= 4 is 11.4 Å². The normalized spacial score (nSPS) is 12.7. The van der Waals surface area contributed by atoms with Crippen molar-refractivity contribution in [1.29, 1.82) is 0 Å². The van der Waals surface area contributed by atoms with Gasteiger partial charge in [-0.2, -0.15) is 0 Å². The van der Waals surface area contributed by atoms with E-state index in [-0.39, 0.29) is 6.73 Å². The fourth-order valence-electron chi connectivity index (χ4n) is 0.772. The van der Waals surface area contributed by atoms with Gasteiger partial charge in [-0.1, -0.05) is 6.07 Å². The van der Waals surface area contributed by atoms with Crippen LogP contribution in [0.4, 0.5) is 0 Å². The lowest BCUT2D eigenvalue weighted by Crippen LogP contribution is -2.18. The Hall–Kier alpha value is -0.820. The predicted molar refractivity (Wildman–Crippen MR) is 45.9 cm³/mol. The van der Waals surface area contributed by atoms with E-state index in [1.165, 1.54) is 0 Å². The van der Waals surface area contributed by atoms with E-state index in [0.29, 0.717) is 6.54 Å². The molecule has 5 nitrogen and oxygen atoms in total. The molecule has 0 fully saturated rings. The summed E-state index contributed by atoms with van der Waals surface area (Å²) in [5, 5.41) is 2.76. The minimum Gasteiger partial charge on any atom is -0.750 e. The summed E-state index contributed by atoms with van der Waals surface area (Å²) in [6.45, 7) is 0.449. The Kier molecular flexibility index (Phi) is 4.55. The second-order valence-corrected chi connectivity index (χ2v) is 2.86. The van der Waals surface area contributed by atoms with Crippen molar-refractivity contribution in [3.05, 3.63) is 30.1 Å². The molecule has 72 valence electrons. The lowest BCUT2D eigenvalue weighted by atomic mass is 10.3. The van der Waals surface area contributed by atoms with Crippen LogP contribution in [0.3, 0.4) is 0 Å². The van der Waals surface area contributed by atoms with Crippen LogP contribution in [-0.2, 0) is 22.1 Å². The van der Waals surface area contributed by atoms with Crippen LogP contribution < -0.4 is 5.32 Å². The Morgan fingerprint density at radius 3 is 3.08 bits per heavy atom. The maximum atomic E-state index is 9.93. The van der Waals surface area contributed by atoms with Gasteiger partial charge in [0.1, 0.15) is 6.73 Å². The third-order valence-corrected chi connectivity index (χ3v) is 1.60. The number of hydrogen-bond donors (Lipinski definition) is 1. The molecule has 0 aliphatic carbocycles. The number of pyridine rings is 1. The molecule has 1 aromatic heterocycles. The Labute approximate surface area is 78.6 Å². The van der Waals surface area contributed by atoms with Crippen molar-refractivity contribution in [3.8, 4) is 0 Å². The summed E-state index contributed by atoms with van der Waals surface area (Å²) in [5.74, 6) is 0. The Morgan fingerprint density at radius 1 is 1.62 bits per heavy atom. The van der Waals surface area contributed by atoms with Gasteiger partial charge in [-0.05, 0) is 12.1 Å². The lowest BCUT2D eigenvalue weighted by Gasteiger charge is -2.06. The first-order valence-electron chi connectivity index (χ1n) is 3.62. The SMILES string of the molecule is O=S([O-])OCNCc1ccccn1. The van der Waals surface area contributed by atoms with Gasteiger partial charge in [-0.15, -0.1) is 0 Å². The molecule has 6 heteroatoms. The van der Waals surface area contributed by atoms with Gasteiger partial charge in [-0.3, -0.25) is 14.5 Å². The number of hydrogen-bond acceptors (Lipinski definition) is 5. The molecule has 13 heavy (non-hydrogen) atoms. The van der Waals surface area contributed by atoms with E-state index in [2.05, 4.69) is 14.5 Å². The standard InChI is InChI=1S/C7H10N2O3S/c10-13(11)12-6-8-5-7-3-1-2-4-9-7/h1-4,8H,5-6H2,(H,10,11)/p-1. The van der Waals surface area contributed by atoms with Crippen molar-refractivity contribution in [3.63, 3.8) is 0 Å². The maximum absolute atomic E-state index is 9.93. The predicted octanol–water partition coefficient (Wildman–Crippen LogP) is -0.0606. The minimum atomic E-state index is -2.46. The third-order valence-electron chi connectivity index (χ3n) is 1.29. The van der Waals surface area contributed by atoms with Crippen LogP contribution in [-0.4, -0.2) is 20.5 Å². The zero-order valence-corrected chi connectivity index (χ0v) is 7.62. The highest BCUT2D eigenvalue weighted by Crippen LogP contribution is 1.91. The molecule has 0 spiro atoms. The molecule has 1 unspecified atom stereocenters. The molecule has 0 bridgehead atoms. The third kappa shape index (κ3) is 4.69. The van der Waals surface area contributed by atoms with Crippen molar-refractivity contribution in [1.82, 2.24) is 10.3 Å². The highest BCUT2D eigenvalue weighted by Gasteiger charge is 1.91. The van der Waals surface area contributed by atoms with Crippen molar-refractivity contribution in [2.24, 2.45) is 0 Å². The summed E-state index contributed by atoms with van der Waals surface area (Å²) in [6.07, 6.45) is 1.67. The second-order valence-electron chi connectivity index (χ2n) is 2.21. The van der Waals surface area contributed by atoms with E-state index >= 15 is 0 Å². The molecule has 0 saturated carbocycles. The molecule has 0 aliphatic rings. The highest BCUT2D eigenvalue weighted by atomic mass is 32.2.